The Kier molecular flexibility index (Phi) is 19.0. The predicted molar refractivity (Wildman–Crippen MR) is 193 cm³/mol. The van der Waals surface area contributed by atoms with Gasteiger partial charge in [0.25, 0.3) is 0 Å². The molecule has 0 aromatic heterocycles. The van der Waals surface area contributed by atoms with Crippen LogP contribution >= 0.6 is 0 Å². The Morgan fingerprint density at radius 1 is 0.720 bits per heavy atom. The average Bonchev–Trinajstić information content (AvgIpc) is 3.07. The van der Waals surface area contributed by atoms with Crippen LogP contribution in [-0.2, 0) is 32.1 Å². The number of hydrogen-bond acceptors (Lipinski definition) is 13. The fraction of sp³-hybridized carbons (Fsp3) is 0.500. The average molecular weight is 697 g/mol. The third-order valence-corrected chi connectivity index (χ3v) is 7.72. The molecule has 2 aromatic rings. The van der Waals surface area contributed by atoms with Crippen molar-refractivity contribution in [1.29, 1.82) is 5.41 Å². The highest BCUT2D eigenvalue weighted by Crippen LogP contribution is 2.10. The topological polar surface area (TPSA) is 294 Å². The van der Waals surface area contributed by atoms with Crippen LogP contribution in [0.25, 0.3) is 0 Å². The molecule has 0 aliphatic carbocycles. The molecule has 16 heteroatoms. The molecule has 50 heavy (non-hydrogen) atoms. The van der Waals surface area contributed by atoms with Gasteiger partial charge in [0.15, 0.2) is 0 Å². The van der Waals surface area contributed by atoms with Gasteiger partial charge in [-0.15, -0.1) is 0 Å². The second-order valence-corrected chi connectivity index (χ2v) is 12.6. The van der Waals surface area contributed by atoms with E-state index in [0.717, 1.165) is 5.56 Å². The predicted octanol–water partition coefficient (Wildman–Crippen LogP) is -1.53. The summed E-state index contributed by atoms with van der Waals surface area (Å²) in [5.41, 5.74) is 36.0. The van der Waals surface area contributed by atoms with Crippen LogP contribution in [0.3, 0.4) is 0 Å². The minimum absolute atomic E-state index is 0.0514. The first kappa shape index (κ1) is 42.0. The third-order valence-electron chi connectivity index (χ3n) is 7.72. The van der Waals surface area contributed by atoms with Crippen molar-refractivity contribution in [2.45, 2.75) is 89.6 Å². The molecule has 0 radical (unpaired) electrons. The highest BCUT2D eigenvalue weighted by atomic mass is 16.2. The van der Waals surface area contributed by atoms with E-state index in [0.29, 0.717) is 49.9 Å². The Labute approximate surface area is 294 Å². The maximum absolute atomic E-state index is 13.7. The number of ketones is 2. The summed E-state index contributed by atoms with van der Waals surface area (Å²) in [5.74, 6) is -2.13. The smallest absolute Gasteiger partial charge is 0.239 e. The zero-order valence-electron chi connectivity index (χ0n) is 29.0. The molecule has 0 spiro atoms. The summed E-state index contributed by atoms with van der Waals surface area (Å²) < 4.78 is 0. The van der Waals surface area contributed by atoms with Gasteiger partial charge < -0.3 is 39.3 Å². The van der Waals surface area contributed by atoms with Crippen LogP contribution in [0.2, 0.25) is 0 Å². The van der Waals surface area contributed by atoms with E-state index in [1.165, 1.54) is 0 Å². The van der Waals surface area contributed by atoms with Gasteiger partial charge in [-0.25, -0.2) is 10.9 Å². The third kappa shape index (κ3) is 16.5. The van der Waals surface area contributed by atoms with Gasteiger partial charge in [0.2, 0.25) is 23.4 Å². The van der Waals surface area contributed by atoms with Crippen LogP contribution in [0, 0.1) is 11.3 Å². The molecule has 2 amide bonds. The summed E-state index contributed by atoms with van der Waals surface area (Å²) in [4.78, 5) is 53.5. The molecule has 0 bridgehead atoms. The van der Waals surface area contributed by atoms with Crippen LogP contribution in [-0.4, -0.2) is 73.0 Å². The minimum atomic E-state index is -1.08. The molecule has 0 saturated carbocycles. The lowest BCUT2D eigenvalue weighted by molar-refractivity contribution is -0.139. The molecule has 2 rings (SSSR count). The molecule has 0 aliphatic rings. The first-order valence-electron chi connectivity index (χ1n) is 16.9. The number of hydrazine groups is 1. The van der Waals surface area contributed by atoms with E-state index < -0.39 is 48.2 Å². The second-order valence-electron chi connectivity index (χ2n) is 12.6. The lowest BCUT2D eigenvalue weighted by Crippen LogP contribution is -2.59. The number of rotatable bonds is 25. The number of carbonyl (C=O) groups is 4. The van der Waals surface area contributed by atoms with E-state index in [9.17, 15) is 19.2 Å². The standard InChI is InChI=1S/C34H56N12O4/c1-21(2)18-27(32(50)44-25(10-6-16-41-33(37)38)29(48)28(47)19-22-8-4-3-5-9-22)46-45-26(11-7-17-42-34(39)40)31(49)43-20-23-12-14-24(15-13-23)30(35)36/h3-5,8-9,12-15,21,25-27,33-34,41-42,45-46H,6-7,10-11,16-20,37-40H2,1-2H3,(H3,35,36)(H,43,49)(H,44,50)/t25-,26-,27-/m0/s1. The Bertz CT molecular complexity index is 1360. The highest BCUT2D eigenvalue weighted by molar-refractivity contribution is 6.39. The largest absolute Gasteiger partial charge is 0.384 e. The normalized spacial score (nSPS) is 13.2. The Morgan fingerprint density at radius 3 is 1.82 bits per heavy atom. The summed E-state index contributed by atoms with van der Waals surface area (Å²) in [6, 6.07) is 13.2. The number of Topliss-reactive ketones (excluding diaryl/α,β-unsaturated/α-hetero) is 2. The number of carbonyl (C=O) groups excluding carboxylic acids is 4. The van der Waals surface area contributed by atoms with Gasteiger partial charge in [-0.2, -0.15) is 0 Å². The van der Waals surface area contributed by atoms with Crippen LogP contribution in [0.4, 0.5) is 0 Å². The van der Waals surface area contributed by atoms with Gasteiger partial charge in [-0.1, -0.05) is 68.4 Å². The Hall–Kier alpha value is -4.13. The van der Waals surface area contributed by atoms with Gasteiger partial charge in [-0.05, 0) is 62.2 Å². The van der Waals surface area contributed by atoms with Crippen molar-refractivity contribution in [3.05, 3.63) is 71.3 Å². The second kappa shape index (κ2) is 22.6. The molecule has 2 aromatic carbocycles. The fourth-order valence-corrected chi connectivity index (χ4v) is 5.04. The maximum atomic E-state index is 13.7. The zero-order chi connectivity index (χ0) is 37.1. The number of benzene rings is 2. The van der Waals surface area contributed by atoms with Crippen molar-refractivity contribution in [1.82, 2.24) is 32.1 Å². The molecule has 16 nitrogen and oxygen atoms in total. The summed E-state index contributed by atoms with van der Waals surface area (Å²) in [5, 5.41) is 19.0. The molecule has 276 valence electrons. The van der Waals surface area contributed by atoms with Crippen molar-refractivity contribution in [3.63, 3.8) is 0 Å². The van der Waals surface area contributed by atoms with Gasteiger partial charge in [-0.3, -0.25) is 35.2 Å². The number of amides is 2. The number of nitrogens with two attached hydrogens (primary N) is 5. The number of nitrogens with one attached hydrogen (secondary N) is 7. The summed E-state index contributed by atoms with van der Waals surface area (Å²) in [7, 11) is 0. The lowest BCUT2D eigenvalue weighted by Gasteiger charge is -2.27. The quantitative estimate of drug-likeness (QED) is 0.0140. The van der Waals surface area contributed by atoms with E-state index in [2.05, 4.69) is 32.1 Å². The van der Waals surface area contributed by atoms with Gasteiger partial charge in [0.05, 0.1) is 12.1 Å². The van der Waals surface area contributed by atoms with Gasteiger partial charge >= 0.3 is 0 Å². The van der Waals surface area contributed by atoms with Gasteiger partial charge in [0.1, 0.15) is 24.5 Å². The summed E-state index contributed by atoms with van der Waals surface area (Å²) in [6.45, 7) is 4.94. The monoisotopic (exact) mass is 696 g/mol. The van der Waals surface area contributed by atoms with Crippen molar-refractivity contribution in [3.8, 4) is 0 Å². The first-order valence-corrected chi connectivity index (χ1v) is 16.9. The molecule has 0 aliphatic heterocycles. The van der Waals surface area contributed by atoms with E-state index in [1.54, 1.807) is 48.5 Å². The molecular weight excluding hydrogens is 640 g/mol. The lowest BCUT2D eigenvalue weighted by atomic mass is 9.97. The Balaban J connectivity index is 2.16. The molecule has 0 heterocycles. The van der Waals surface area contributed by atoms with Crippen LogP contribution < -0.4 is 60.8 Å². The van der Waals surface area contributed by atoms with Crippen molar-refractivity contribution >= 4 is 29.2 Å². The first-order chi connectivity index (χ1) is 23.8. The van der Waals surface area contributed by atoms with Crippen molar-refractivity contribution in [2.75, 3.05) is 13.1 Å². The minimum Gasteiger partial charge on any atom is -0.384 e. The van der Waals surface area contributed by atoms with E-state index in [-0.39, 0.29) is 37.0 Å². The molecule has 0 unspecified atom stereocenters. The molecule has 0 fully saturated rings. The van der Waals surface area contributed by atoms with Crippen LogP contribution in [0.15, 0.2) is 54.6 Å². The van der Waals surface area contributed by atoms with E-state index in [1.807, 2.05) is 19.9 Å². The van der Waals surface area contributed by atoms with Crippen LogP contribution in [0.5, 0.6) is 0 Å². The van der Waals surface area contributed by atoms with Crippen molar-refractivity contribution < 1.29 is 19.2 Å². The highest BCUT2D eigenvalue weighted by Gasteiger charge is 2.30. The molecule has 3 atom stereocenters. The van der Waals surface area contributed by atoms with Crippen LogP contribution in [0.1, 0.15) is 62.6 Å². The van der Waals surface area contributed by atoms with E-state index in [4.69, 9.17) is 34.1 Å². The molecule has 17 N–H and O–H groups in total. The maximum Gasteiger partial charge on any atom is 0.239 e. The SMILES string of the molecule is CC(C)C[C@H](NN[C@@H](CCCNC(N)N)C(=O)NCc1ccc(C(=N)N)cc1)C(=O)N[C@@H](CCCNC(N)N)C(=O)C(=O)Cc1ccccc1. The summed E-state index contributed by atoms with van der Waals surface area (Å²) in [6.07, 6.45) is 0.321. The number of nitrogen functional groups attached to an aromatic ring is 1. The van der Waals surface area contributed by atoms with E-state index >= 15 is 0 Å². The van der Waals surface area contributed by atoms with Gasteiger partial charge in [0, 0.05) is 18.5 Å². The zero-order valence-corrected chi connectivity index (χ0v) is 29.0. The molecular formula is C34H56N12O4. The summed E-state index contributed by atoms with van der Waals surface area (Å²) >= 11 is 0. The number of amidine groups is 1. The Morgan fingerprint density at radius 2 is 1.28 bits per heavy atom. The number of hydrogen-bond donors (Lipinski definition) is 12. The molecule has 0 saturated heterocycles. The fourth-order valence-electron chi connectivity index (χ4n) is 5.04. The van der Waals surface area contributed by atoms with Crippen molar-refractivity contribution in [2.24, 2.45) is 34.6 Å².